The van der Waals surface area contributed by atoms with E-state index in [2.05, 4.69) is 20.3 Å². The molecule has 0 bridgehead atoms. The fourth-order valence-electron chi connectivity index (χ4n) is 3.43. The quantitative estimate of drug-likeness (QED) is 0.403. The number of benzene rings is 1. The van der Waals surface area contributed by atoms with E-state index >= 15 is 0 Å². The minimum absolute atomic E-state index is 0.108. The van der Waals surface area contributed by atoms with Gasteiger partial charge in [0.1, 0.15) is 11.8 Å². The zero-order valence-electron chi connectivity index (χ0n) is 17.2. The lowest BCUT2D eigenvalue weighted by atomic mass is 10.0. The number of nitrogens with zero attached hydrogens (tertiary/aromatic N) is 5. The molecule has 1 aliphatic rings. The van der Waals surface area contributed by atoms with Crippen molar-refractivity contribution >= 4 is 23.4 Å². The van der Waals surface area contributed by atoms with Crippen LogP contribution in [0.5, 0.6) is 0 Å². The first kappa shape index (κ1) is 20.2. The summed E-state index contributed by atoms with van der Waals surface area (Å²) in [6, 6.07) is 15.1. The summed E-state index contributed by atoms with van der Waals surface area (Å²) in [6.07, 6.45) is 5.51. The minimum Gasteiger partial charge on any atom is -0.467 e. The average molecular weight is 446 g/mol. The summed E-state index contributed by atoms with van der Waals surface area (Å²) in [5, 5.41) is 14.5. The van der Waals surface area contributed by atoms with Crippen LogP contribution in [0.1, 0.15) is 29.3 Å². The van der Waals surface area contributed by atoms with Crippen molar-refractivity contribution in [3.63, 3.8) is 0 Å². The summed E-state index contributed by atoms with van der Waals surface area (Å²) < 4.78 is 11.3. The van der Waals surface area contributed by atoms with E-state index < -0.39 is 0 Å². The zero-order chi connectivity index (χ0) is 21.9. The van der Waals surface area contributed by atoms with Gasteiger partial charge in [-0.1, -0.05) is 41.6 Å². The molecule has 1 atom stereocenters. The highest BCUT2D eigenvalue weighted by Crippen LogP contribution is 2.34. The number of carbonyl (C=O) groups excluding carboxylic acids is 1. The number of amides is 1. The molecule has 1 aliphatic heterocycles. The summed E-state index contributed by atoms with van der Waals surface area (Å²) >= 11 is 1.18. The standard InChI is InChI=1S/C23H19N5O3S/c1-15-6-8-16(9-7-15)18-12-19(20-5-3-11-30-20)28(27-18)21(29)14-32-23-26-25-22(31-23)17-4-2-10-24-13-17/h2-11,13,19H,12,14H2,1H3/t19-/m0/s1. The van der Waals surface area contributed by atoms with Gasteiger partial charge in [-0.2, -0.15) is 5.10 Å². The van der Waals surface area contributed by atoms with Gasteiger partial charge in [0.25, 0.3) is 11.1 Å². The van der Waals surface area contributed by atoms with Gasteiger partial charge in [-0.3, -0.25) is 9.78 Å². The van der Waals surface area contributed by atoms with Crippen LogP contribution in [0, 0.1) is 6.92 Å². The summed E-state index contributed by atoms with van der Waals surface area (Å²) in [5.74, 6) is 1.00. The largest absolute Gasteiger partial charge is 0.467 e. The molecule has 0 aliphatic carbocycles. The Balaban J connectivity index is 1.32. The molecule has 32 heavy (non-hydrogen) atoms. The van der Waals surface area contributed by atoms with E-state index in [0.29, 0.717) is 23.3 Å². The monoisotopic (exact) mass is 445 g/mol. The summed E-state index contributed by atoms with van der Waals surface area (Å²) in [6.45, 7) is 2.04. The van der Waals surface area contributed by atoms with Crippen molar-refractivity contribution in [1.29, 1.82) is 0 Å². The Bertz CT molecular complexity index is 1240. The summed E-state index contributed by atoms with van der Waals surface area (Å²) in [4.78, 5) is 17.1. The first-order valence-corrected chi connectivity index (χ1v) is 11.0. The van der Waals surface area contributed by atoms with E-state index in [1.807, 2.05) is 49.4 Å². The summed E-state index contributed by atoms with van der Waals surface area (Å²) in [7, 11) is 0. The zero-order valence-corrected chi connectivity index (χ0v) is 18.0. The lowest BCUT2D eigenvalue weighted by molar-refractivity contribution is -0.130. The van der Waals surface area contributed by atoms with E-state index in [0.717, 1.165) is 16.8 Å². The predicted octanol–water partition coefficient (Wildman–Crippen LogP) is 4.50. The Morgan fingerprint density at radius 3 is 2.75 bits per heavy atom. The average Bonchev–Trinajstić information content (AvgIpc) is 3.59. The molecule has 0 unspecified atom stereocenters. The van der Waals surface area contributed by atoms with E-state index in [-0.39, 0.29) is 17.7 Å². The van der Waals surface area contributed by atoms with Crippen molar-refractivity contribution in [2.45, 2.75) is 24.6 Å². The van der Waals surface area contributed by atoms with Gasteiger partial charge in [-0.05, 0) is 36.8 Å². The fraction of sp³-hybridized carbons (Fsp3) is 0.174. The number of rotatable bonds is 6. The number of hydrazone groups is 1. The molecular weight excluding hydrogens is 426 g/mol. The van der Waals surface area contributed by atoms with Crippen LogP contribution in [0.2, 0.25) is 0 Å². The lowest BCUT2D eigenvalue weighted by Crippen LogP contribution is -2.28. The number of hydrogen-bond acceptors (Lipinski definition) is 8. The van der Waals surface area contributed by atoms with Crippen LogP contribution in [0.15, 0.2) is 86.3 Å². The first-order valence-electron chi connectivity index (χ1n) is 10.0. The second-order valence-electron chi connectivity index (χ2n) is 7.29. The van der Waals surface area contributed by atoms with Crippen LogP contribution in [0.25, 0.3) is 11.5 Å². The highest BCUT2D eigenvalue weighted by Gasteiger charge is 2.35. The molecule has 160 valence electrons. The van der Waals surface area contributed by atoms with Crippen LogP contribution in [-0.2, 0) is 4.79 Å². The van der Waals surface area contributed by atoms with E-state index in [4.69, 9.17) is 8.83 Å². The number of pyridine rings is 1. The molecule has 0 saturated heterocycles. The van der Waals surface area contributed by atoms with Crippen LogP contribution in [0.3, 0.4) is 0 Å². The molecular formula is C23H19N5O3S. The highest BCUT2D eigenvalue weighted by atomic mass is 32.2. The topological polar surface area (TPSA) is 97.6 Å². The molecule has 0 radical (unpaired) electrons. The first-order chi connectivity index (χ1) is 15.7. The molecule has 5 rings (SSSR count). The van der Waals surface area contributed by atoms with Gasteiger partial charge in [0, 0.05) is 18.8 Å². The van der Waals surface area contributed by atoms with Crippen molar-refractivity contribution in [3.8, 4) is 11.5 Å². The van der Waals surface area contributed by atoms with Gasteiger partial charge >= 0.3 is 0 Å². The van der Waals surface area contributed by atoms with E-state index in [1.54, 1.807) is 24.7 Å². The Kier molecular flexibility index (Phi) is 5.55. The molecule has 0 N–H and O–H groups in total. The van der Waals surface area contributed by atoms with Crippen molar-refractivity contribution in [1.82, 2.24) is 20.2 Å². The molecule has 1 aromatic carbocycles. The van der Waals surface area contributed by atoms with Gasteiger partial charge in [0.2, 0.25) is 5.89 Å². The molecule has 0 fully saturated rings. The fourth-order valence-corrected chi connectivity index (χ4v) is 4.04. The Morgan fingerprint density at radius 2 is 2.00 bits per heavy atom. The van der Waals surface area contributed by atoms with Gasteiger partial charge in [-0.15, -0.1) is 10.2 Å². The second-order valence-corrected chi connectivity index (χ2v) is 8.22. The molecule has 9 heteroatoms. The van der Waals surface area contributed by atoms with Gasteiger partial charge < -0.3 is 8.83 Å². The van der Waals surface area contributed by atoms with Crippen LogP contribution >= 0.6 is 11.8 Å². The van der Waals surface area contributed by atoms with E-state index in [9.17, 15) is 4.79 Å². The number of aromatic nitrogens is 3. The van der Waals surface area contributed by atoms with Gasteiger partial charge in [-0.25, -0.2) is 5.01 Å². The van der Waals surface area contributed by atoms with Crippen LogP contribution < -0.4 is 0 Å². The molecule has 0 spiro atoms. The third-order valence-electron chi connectivity index (χ3n) is 5.06. The molecule has 8 nitrogen and oxygen atoms in total. The number of furan rings is 1. The normalized spacial score (nSPS) is 15.7. The lowest BCUT2D eigenvalue weighted by Gasteiger charge is -2.19. The van der Waals surface area contributed by atoms with Crippen molar-refractivity contribution in [3.05, 3.63) is 84.1 Å². The smallest absolute Gasteiger partial charge is 0.277 e. The predicted molar refractivity (Wildman–Crippen MR) is 119 cm³/mol. The van der Waals surface area contributed by atoms with Gasteiger partial charge in [0.15, 0.2) is 0 Å². The van der Waals surface area contributed by atoms with Gasteiger partial charge in [0.05, 0.1) is 23.3 Å². The SMILES string of the molecule is Cc1ccc(C2=NN(C(=O)CSc3nnc(-c4cccnc4)o3)[C@H](c3ccco3)C2)cc1. The molecule has 1 amide bonds. The van der Waals surface area contributed by atoms with Crippen molar-refractivity contribution < 1.29 is 13.6 Å². The number of thioether (sulfide) groups is 1. The Hall–Kier alpha value is -3.72. The van der Waals surface area contributed by atoms with Crippen molar-refractivity contribution in [2.24, 2.45) is 5.10 Å². The maximum atomic E-state index is 13.1. The molecule has 4 heterocycles. The number of carbonyl (C=O) groups is 1. The highest BCUT2D eigenvalue weighted by molar-refractivity contribution is 7.99. The van der Waals surface area contributed by atoms with Crippen molar-refractivity contribution in [2.75, 3.05) is 5.75 Å². The molecule has 0 saturated carbocycles. The van der Waals surface area contributed by atoms with E-state index in [1.165, 1.54) is 22.3 Å². The Labute approximate surface area is 188 Å². The number of hydrogen-bond donors (Lipinski definition) is 0. The second kappa shape index (κ2) is 8.80. The van der Waals surface area contributed by atoms with Crippen LogP contribution in [0.4, 0.5) is 0 Å². The minimum atomic E-state index is -0.289. The third-order valence-corrected chi connectivity index (χ3v) is 5.86. The molecule has 3 aromatic heterocycles. The number of aryl methyl sites for hydroxylation is 1. The van der Waals surface area contributed by atoms with Crippen LogP contribution in [-0.4, -0.2) is 37.6 Å². The summed E-state index contributed by atoms with van der Waals surface area (Å²) in [5.41, 5.74) is 3.74. The molecule has 4 aromatic rings. The maximum Gasteiger partial charge on any atom is 0.277 e. The maximum absolute atomic E-state index is 13.1. The Morgan fingerprint density at radius 1 is 1.12 bits per heavy atom. The third kappa shape index (κ3) is 4.19.